The number of likely N-dealkylation sites (N-methyl/N-ethyl adjacent to an activating group) is 1. The fourth-order valence-electron chi connectivity index (χ4n) is 2.32. The first-order valence-corrected chi connectivity index (χ1v) is 9.38. The van der Waals surface area contributed by atoms with E-state index in [1.165, 1.54) is 0 Å². The van der Waals surface area contributed by atoms with Gasteiger partial charge >= 0.3 is 0 Å². The van der Waals surface area contributed by atoms with Crippen LogP contribution in [0.1, 0.15) is 12.0 Å². The van der Waals surface area contributed by atoms with Crippen molar-refractivity contribution in [3.63, 3.8) is 0 Å². The molecule has 2 rings (SSSR count). The number of hydrogen-bond acceptors (Lipinski definition) is 3. The van der Waals surface area contributed by atoms with Gasteiger partial charge in [-0.05, 0) is 61.1 Å². The molecule has 1 heterocycles. The number of nitrogens with zero attached hydrogens (tertiary/aromatic N) is 2. The van der Waals surface area contributed by atoms with Crippen LogP contribution in [0.25, 0.3) is 0 Å². The highest BCUT2D eigenvalue weighted by molar-refractivity contribution is 9.11. The van der Waals surface area contributed by atoms with Gasteiger partial charge in [0.05, 0.1) is 4.90 Å². The summed E-state index contributed by atoms with van der Waals surface area (Å²) >= 11 is 6.78. The van der Waals surface area contributed by atoms with Gasteiger partial charge in [0.15, 0.2) is 0 Å². The van der Waals surface area contributed by atoms with Crippen molar-refractivity contribution in [2.45, 2.75) is 24.3 Å². The van der Waals surface area contributed by atoms with E-state index in [2.05, 4.69) is 36.8 Å². The first-order valence-electron chi connectivity index (χ1n) is 6.35. The molecule has 0 saturated carbocycles. The van der Waals surface area contributed by atoms with Crippen molar-refractivity contribution in [3.8, 4) is 0 Å². The lowest BCUT2D eigenvalue weighted by Crippen LogP contribution is -2.34. The van der Waals surface area contributed by atoms with Gasteiger partial charge in [0.2, 0.25) is 10.0 Å². The van der Waals surface area contributed by atoms with Crippen molar-refractivity contribution < 1.29 is 8.42 Å². The average Bonchev–Trinajstić information content (AvgIpc) is 2.83. The third-order valence-electron chi connectivity index (χ3n) is 3.69. The molecule has 1 saturated heterocycles. The Kier molecular flexibility index (Phi) is 4.96. The van der Waals surface area contributed by atoms with Gasteiger partial charge in [0.1, 0.15) is 0 Å². The summed E-state index contributed by atoms with van der Waals surface area (Å²) in [5.74, 6) is 0. The van der Waals surface area contributed by atoms with Gasteiger partial charge in [0, 0.05) is 28.1 Å². The van der Waals surface area contributed by atoms with Gasteiger partial charge < -0.3 is 4.90 Å². The Labute approximate surface area is 137 Å². The summed E-state index contributed by atoms with van der Waals surface area (Å²) in [5.41, 5.74) is 1.00. The van der Waals surface area contributed by atoms with Crippen molar-refractivity contribution >= 4 is 41.9 Å². The van der Waals surface area contributed by atoms with Gasteiger partial charge in [-0.1, -0.05) is 15.9 Å². The first kappa shape index (κ1) is 16.4. The second-order valence-corrected chi connectivity index (χ2v) is 8.92. The quantitative estimate of drug-likeness (QED) is 0.747. The monoisotopic (exact) mass is 424 g/mol. The van der Waals surface area contributed by atoms with Crippen LogP contribution in [0.2, 0.25) is 0 Å². The van der Waals surface area contributed by atoms with Crippen LogP contribution < -0.4 is 0 Å². The van der Waals surface area contributed by atoms with Gasteiger partial charge in [-0.2, -0.15) is 4.31 Å². The molecular formula is C13H18Br2N2O2S. The van der Waals surface area contributed by atoms with E-state index in [0.717, 1.165) is 16.5 Å². The van der Waals surface area contributed by atoms with Gasteiger partial charge in [0.25, 0.3) is 0 Å². The minimum atomic E-state index is -3.45. The molecule has 0 aromatic heterocycles. The maximum absolute atomic E-state index is 12.7. The molecule has 0 bridgehead atoms. The van der Waals surface area contributed by atoms with Crippen molar-refractivity contribution in [2.75, 3.05) is 27.2 Å². The van der Waals surface area contributed by atoms with Crippen LogP contribution in [-0.4, -0.2) is 50.8 Å². The Morgan fingerprint density at radius 1 is 1.25 bits per heavy atom. The molecule has 1 aliphatic heterocycles. The van der Waals surface area contributed by atoms with E-state index >= 15 is 0 Å². The molecule has 0 N–H and O–H groups in total. The topological polar surface area (TPSA) is 40.6 Å². The van der Waals surface area contributed by atoms with Crippen LogP contribution in [0.3, 0.4) is 0 Å². The largest absolute Gasteiger partial charge is 0.305 e. The average molecular weight is 426 g/mol. The highest BCUT2D eigenvalue weighted by Gasteiger charge is 2.34. The molecule has 7 heteroatoms. The minimum absolute atomic E-state index is 0.289. The van der Waals surface area contributed by atoms with Gasteiger partial charge in [-0.15, -0.1) is 0 Å². The number of rotatable bonds is 3. The first-order chi connectivity index (χ1) is 9.23. The van der Waals surface area contributed by atoms with E-state index < -0.39 is 10.0 Å². The standard InChI is InChI=1S/C13H18Br2N2O2S/c1-9-6-12(15)13(7-11(9)14)20(18,19)17-5-4-10(8-17)16(2)3/h6-7,10H,4-5,8H2,1-3H3. The molecule has 0 aliphatic carbocycles. The molecule has 1 unspecified atom stereocenters. The normalized spacial score (nSPS) is 20.8. The Hall–Kier alpha value is 0.0500. The highest BCUT2D eigenvalue weighted by atomic mass is 79.9. The zero-order valence-corrected chi connectivity index (χ0v) is 15.7. The lowest BCUT2D eigenvalue weighted by atomic mass is 10.2. The zero-order chi connectivity index (χ0) is 15.1. The molecule has 1 aromatic rings. The van der Waals surface area contributed by atoms with E-state index in [1.807, 2.05) is 27.1 Å². The highest BCUT2D eigenvalue weighted by Crippen LogP contribution is 2.32. The Morgan fingerprint density at radius 2 is 1.90 bits per heavy atom. The summed E-state index contributed by atoms with van der Waals surface area (Å²) in [5, 5.41) is 0. The summed E-state index contributed by atoms with van der Waals surface area (Å²) in [7, 11) is 0.525. The predicted octanol–water partition coefficient (Wildman–Crippen LogP) is 2.84. The maximum Gasteiger partial charge on any atom is 0.244 e. The lowest BCUT2D eigenvalue weighted by Gasteiger charge is -2.21. The van der Waals surface area contributed by atoms with Crippen LogP contribution >= 0.6 is 31.9 Å². The molecule has 0 spiro atoms. The third-order valence-corrected chi connectivity index (χ3v) is 7.37. The van der Waals surface area contributed by atoms with Crippen molar-refractivity contribution in [3.05, 3.63) is 26.6 Å². The Bertz CT molecular complexity index is 617. The second kappa shape index (κ2) is 6.04. The summed E-state index contributed by atoms with van der Waals surface area (Å²) in [6, 6.07) is 3.80. The van der Waals surface area contributed by atoms with E-state index in [9.17, 15) is 8.42 Å². The minimum Gasteiger partial charge on any atom is -0.305 e. The fourth-order valence-corrected chi connectivity index (χ4v) is 5.45. The molecule has 1 aromatic carbocycles. The smallest absolute Gasteiger partial charge is 0.244 e. The van der Waals surface area contributed by atoms with Crippen LogP contribution in [-0.2, 0) is 10.0 Å². The van der Waals surface area contributed by atoms with Crippen LogP contribution in [0.4, 0.5) is 0 Å². The van der Waals surface area contributed by atoms with Crippen LogP contribution in [0.5, 0.6) is 0 Å². The van der Waals surface area contributed by atoms with Crippen molar-refractivity contribution in [1.29, 1.82) is 0 Å². The summed E-state index contributed by atoms with van der Waals surface area (Å²) in [6.45, 7) is 3.06. The fraction of sp³-hybridized carbons (Fsp3) is 0.538. The number of benzene rings is 1. The summed E-state index contributed by atoms with van der Waals surface area (Å²) in [4.78, 5) is 2.41. The molecule has 112 valence electrons. The van der Waals surface area contributed by atoms with Crippen LogP contribution in [0.15, 0.2) is 26.0 Å². The number of hydrogen-bond donors (Lipinski definition) is 0. The molecule has 0 radical (unpaired) electrons. The molecule has 4 nitrogen and oxygen atoms in total. The van der Waals surface area contributed by atoms with Crippen molar-refractivity contribution in [2.24, 2.45) is 0 Å². The lowest BCUT2D eigenvalue weighted by molar-refractivity contribution is 0.302. The summed E-state index contributed by atoms with van der Waals surface area (Å²) < 4.78 is 28.5. The molecule has 0 amide bonds. The molecule has 1 aliphatic rings. The zero-order valence-electron chi connectivity index (χ0n) is 11.7. The van der Waals surface area contributed by atoms with Gasteiger partial charge in [-0.25, -0.2) is 8.42 Å². The maximum atomic E-state index is 12.7. The number of sulfonamides is 1. The molecule has 1 atom stereocenters. The van der Waals surface area contributed by atoms with Crippen molar-refractivity contribution in [1.82, 2.24) is 9.21 Å². The van der Waals surface area contributed by atoms with E-state index in [4.69, 9.17) is 0 Å². The summed E-state index contributed by atoms with van der Waals surface area (Å²) in [6.07, 6.45) is 0.872. The molecular weight excluding hydrogens is 408 g/mol. The second-order valence-electron chi connectivity index (χ2n) is 5.30. The third kappa shape index (κ3) is 3.11. The molecule has 1 fully saturated rings. The van der Waals surface area contributed by atoms with E-state index in [-0.39, 0.29) is 6.04 Å². The van der Waals surface area contributed by atoms with E-state index in [0.29, 0.717) is 22.5 Å². The Balaban J connectivity index is 2.35. The predicted molar refractivity (Wildman–Crippen MR) is 87.4 cm³/mol. The number of halogens is 2. The number of aryl methyl sites for hydroxylation is 1. The van der Waals surface area contributed by atoms with Crippen LogP contribution in [0, 0.1) is 6.92 Å². The Morgan fingerprint density at radius 3 is 2.45 bits per heavy atom. The van der Waals surface area contributed by atoms with Gasteiger partial charge in [-0.3, -0.25) is 0 Å². The van der Waals surface area contributed by atoms with E-state index in [1.54, 1.807) is 10.4 Å². The molecule has 20 heavy (non-hydrogen) atoms. The SMILES string of the molecule is Cc1cc(Br)c(S(=O)(=O)N2CCC(N(C)C)C2)cc1Br.